The van der Waals surface area contributed by atoms with Crippen molar-refractivity contribution in [1.82, 2.24) is 20.0 Å². The van der Waals surface area contributed by atoms with Crippen LogP contribution in [-0.2, 0) is 0 Å². The number of amides is 2. The molecule has 23 heavy (non-hydrogen) atoms. The van der Waals surface area contributed by atoms with E-state index in [4.69, 9.17) is 0 Å². The van der Waals surface area contributed by atoms with Gasteiger partial charge in [-0.15, -0.1) is 0 Å². The van der Waals surface area contributed by atoms with E-state index in [1.807, 2.05) is 43.5 Å². The number of carbonyl (C=O) groups excluding carboxylic acids is 1. The summed E-state index contributed by atoms with van der Waals surface area (Å²) < 4.78 is 1.80. The van der Waals surface area contributed by atoms with Gasteiger partial charge in [-0.2, -0.15) is 5.10 Å². The highest BCUT2D eigenvalue weighted by atomic mass is 16.3. The molecule has 3 rings (SSSR count). The fourth-order valence-corrected chi connectivity index (χ4v) is 3.11. The third kappa shape index (κ3) is 3.22. The second-order valence-corrected chi connectivity index (χ2v) is 5.85. The van der Waals surface area contributed by atoms with Crippen LogP contribution in [0.5, 0.6) is 0 Å². The molecule has 2 aromatic rings. The molecule has 2 amide bonds. The highest BCUT2D eigenvalue weighted by molar-refractivity contribution is 5.75. The molecule has 122 valence electrons. The normalized spacial score (nSPS) is 18.9. The van der Waals surface area contributed by atoms with Gasteiger partial charge in [-0.25, -0.2) is 9.48 Å². The average molecular weight is 314 g/mol. The average Bonchev–Trinajstić information content (AvgIpc) is 3.25. The first-order valence-electron chi connectivity index (χ1n) is 7.97. The number of rotatable bonds is 4. The van der Waals surface area contributed by atoms with Crippen LogP contribution in [0.15, 0.2) is 42.7 Å². The van der Waals surface area contributed by atoms with Crippen molar-refractivity contribution in [2.24, 2.45) is 0 Å². The topological polar surface area (TPSA) is 70.4 Å². The molecule has 1 aromatic carbocycles. The summed E-state index contributed by atoms with van der Waals surface area (Å²) in [6, 6.07) is 9.42. The number of nitrogens with zero attached hydrogens (tertiary/aromatic N) is 3. The smallest absolute Gasteiger partial charge is 0.318 e. The molecule has 0 radical (unpaired) electrons. The maximum atomic E-state index is 12.5. The zero-order valence-corrected chi connectivity index (χ0v) is 13.2. The van der Waals surface area contributed by atoms with Crippen LogP contribution in [0.3, 0.4) is 0 Å². The second-order valence-electron chi connectivity index (χ2n) is 5.85. The van der Waals surface area contributed by atoms with Crippen LogP contribution in [0.4, 0.5) is 4.79 Å². The van der Waals surface area contributed by atoms with Gasteiger partial charge in [-0.1, -0.05) is 18.2 Å². The highest BCUT2D eigenvalue weighted by Crippen LogP contribution is 2.22. The number of aromatic nitrogens is 2. The third-order valence-electron chi connectivity index (χ3n) is 4.34. The number of para-hydroxylation sites is 1. The van der Waals surface area contributed by atoms with Gasteiger partial charge < -0.3 is 15.3 Å². The fraction of sp³-hybridized carbons (Fsp3) is 0.412. The second kappa shape index (κ2) is 6.83. The summed E-state index contributed by atoms with van der Waals surface area (Å²) in [4.78, 5) is 14.2. The summed E-state index contributed by atoms with van der Waals surface area (Å²) in [6.45, 7) is 2.68. The van der Waals surface area contributed by atoms with Crippen molar-refractivity contribution < 1.29 is 9.90 Å². The predicted octanol–water partition coefficient (Wildman–Crippen LogP) is 2.10. The molecular formula is C17H22N4O2. The van der Waals surface area contributed by atoms with Crippen molar-refractivity contribution >= 4 is 6.03 Å². The molecule has 2 N–H and O–H groups in total. The first-order chi connectivity index (χ1) is 11.2. The van der Waals surface area contributed by atoms with Crippen molar-refractivity contribution in [3.05, 3.63) is 48.3 Å². The van der Waals surface area contributed by atoms with E-state index >= 15 is 0 Å². The Bertz CT molecular complexity index is 656. The van der Waals surface area contributed by atoms with Gasteiger partial charge in [0, 0.05) is 18.9 Å². The highest BCUT2D eigenvalue weighted by Gasteiger charge is 2.29. The lowest BCUT2D eigenvalue weighted by atomic mass is 10.1. The summed E-state index contributed by atoms with van der Waals surface area (Å²) in [5, 5.41) is 16.7. The number of benzene rings is 1. The van der Waals surface area contributed by atoms with Crippen LogP contribution < -0.4 is 5.32 Å². The Morgan fingerprint density at radius 2 is 2.26 bits per heavy atom. The van der Waals surface area contributed by atoms with Crippen LogP contribution >= 0.6 is 0 Å². The van der Waals surface area contributed by atoms with E-state index in [2.05, 4.69) is 10.4 Å². The van der Waals surface area contributed by atoms with Crippen LogP contribution in [-0.4, -0.2) is 45.0 Å². The third-order valence-corrected chi connectivity index (χ3v) is 4.34. The maximum absolute atomic E-state index is 12.5. The molecule has 1 unspecified atom stereocenters. The predicted molar refractivity (Wildman–Crippen MR) is 87.3 cm³/mol. The van der Waals surface area contributed by atoms with E-state index in [0.717, 1.165) is 24.1 Å². The maximum Gasteiger partial charge on any atom is 0.318 e. The Kier molecular flexibility index (Phi) is 4.62. The van der Waals surface area contributed by atoms with Crippen LogP contribution in [0.25, 0.3) is 5.69 Å². The van der Waals surface area contributed by atoms with E-state index in [9.17, 15) is 9.90 Å². The SMILES string of the molecule is CC(NC(=O)N1CCC[C@@H]1CO)c1ccccc1-n1cccn1. The number of likely N-dealkylation sites (tertiary alicyclic amines) is 1. The molecule has 1 aromatic heterocycles. The molecule has 0 saturated carbocycles. The van der Waals surface area contributed by atoms with Gasteiger partial charge in [-0.05, 0) is 37.5 Å². The van der Waals surface area contributed by atoms with Gasteiger partial charge in [0.25, 0.3) is 0 Å². The summed E-state index contributed by atoms with van der Waals surface area (Å²) in [6.07, 6.45) is 5.42. The number of carbonyl (C=O) groups is 1. The standard InChI is InChI=1S/C17H22N4O2/c1-13(19-17(23)20-10-4-6-14(20)12-22)15-7-2-3-8-16(15)21-11-5-9-18-21/h2-3,5,7-9,11,13-14,22H,4,6,10,12H2,1H3,(H,19,23)/t13?,14-/m1/s1. The van der Waals surface area contributed by atoms with Crippen molar-refractivity contribution in [3.8, 4) is 5.69 Å². The minimum absolute atomic E-state index is 0.0195. The monoisotopic (exact) mass is 314 g/mol. The Hall–Kier alpha value is -2.34. The van der Waals surface area contributed by atoms with Gasteiger partial charge in [-0.3, -0.25) is 0 Å². The zero-order valence-electron chi connectivity index (χ0n) is 13.2. The van der Waals surface area contributed by atoms with Gasteiger partial charge in [0.05, 0.1) is 24.4 Å². The van der Waals surface area contributed by atoms with E-state index in [1.54, 1.807) is 15.8 Å². The van der Waals surface area contributed by atoms with Crippen LogP contribution in [0.1, 0.15) is 31.4 Å². The van der Waals surface area contributed by atoms with Gasteiger partial charge >= 0.3 is 6.03 Å². The number of urea groups is 1. The van der Waals surface area contributed by atoms with E-state index < -0.39 is 0 Å². The minimum atomic E-state index is -0.150. The molecule has 0 spiro atoms. The quantitative estimate of drug-likeness (QED) is 0.908. The van der Waals surface area contributed by atoms with E-state index in [1.165, 1.54) is 0 Å². The largest absolute Gasteiger partial charge is 0.394 e. The summed E-state index contributed by atoms with van der Waals surface area (Å²) in [5.74, 6) is 0. The molecule has 1 saturated heterocycles. The number of hydrogen-bond acceptors (Lipinski definition) is 3. The number of aliphatic hydroxyl groups excluding tert-OH is 1. The lowest BCUT2D eigenvalue weighted by Crippen LogP contribution is -2.45. The van der Waals surface area contributed by atoms with Crippen molar-refractivity contribution in [1.29, 1.82) is 0 Å². The Balaban J connectivity index is 1.76. The Morgan fingerprint density at radius 1 is 1.43 bits per heavy atom. The Labute approximate surface area is 135 Å². The molecule has 0 aliphatic carbocycles. The summed E-state index contributed by atoms with van der Waals surface area (Å²) >= 11 is 0. The number of nitrogens with one attached hydrogen (secondary N) is 1. The zero-order chi connectivity index (χ0) is 16.2. The molecule has 1 aliphatic rings. The van der Waals surface area contributed by atoms with Gasteiger partial charge in [0.2, 0.25) is 0 Å². The molecule has 0 bridgehead atoms. The minimum Gasteiger partial charge on any atom is -0.394 e. The fourth-order valence-electron chi connectivity index (χ4n) is 3.11. The molecule has 6 heteroatoms. The Morgan fingerprint density at radius 3 is 3.00 bits per heavy atom. The first kappa shape index (κ1) is 15.6. The van der Waals surface area contributed by atoms with Crippen LogP contribution in [0.2, 0.25) is 0 Å². The molecular weight excluding hydrogens is 292 g/mol. The lowest BCUT2D eigenvalue weighted by Gasteiger charge is -2.26. The summed E-state index contributed by atoms with van der Waals surface area (Å²) in [5.41, 5.74) is 1.95. The van der Waals surface area contributed by atoms with Crippen LogP contribution in [0, 0.1) is 0 Å². The van der Waals surface area contributed by atoms with Gasteiger partial charge in [0.15, 0.2) is 0 Å². The van der Waals surface area contributed by atoms with Crippen molar-refractivity contribution in [2.75, 3.05) is 13.2 Å². The van der Waals surface area contributed by atoms with Crippen molar-refractivity contribution in [2.45, 2.75) is 31.8 Å². The van der Waals surface area contributed by atoms with E-state index in [0.29, 0.717) is 6.54 Å². The molecule has 2 atom stereocenters. The molecule has 1 aliphatic heterocycles. The van der Waals surface area contributed by atoms with Crippen molar-refractivity contribution in [3.63, 3.8) is 0 Å². The number of aliphatic hydroxyl groups is 1. The summed E-state index contributed by atoms with van der Waals surface area (Å²) in [7, 11) is 0. The number of hydrogen-bond donors (Lipinski definition) is 2. The lowest BCUT2D eigenvalue weighted by molar-refractivity contribution is 0.155. The molecule has 1 fully saturated rings. The molecule has 2 heterocycles. The first-order valence-corrected chi connectivity index (χ1v) is 7.97. The van der Waals surface area contributed by atoms with E-state index in [-0.39, 0.29) is 24.7 Å². The molecule has 6 nitrogen and oxygen atoms in total. The van der Waals surface area contributed by atoms with Gasteiger partial charge in [0.1, 0.15) is 0 Å².